The van der Waals surface area contributed by atoms with E-state index in [9.17, 15) is 24.0 Å². The van der Waals surface area contributed by atoms with Gasteiger partial charge in [-0.1, -0.05) is 129 Å². The van der Waals surface area contributed by atoms with Gasteiger partial charge < -0.3 is 20.6 Å². The Morgan fingerprint density at radius 1 is 0.597 bits per heavy atom. The molecule has 6 fully saturated rings. The zero-order valence-corrected chi connectivity index (χ0v) is 46.3. The molecule has 0 unspecified atom stereocenters. The highest BCUT2D eigenvalue weighted by Gasteiger charge is 2.71. The second kappa shape index (κ2) is 17.8. The Kier molecular flexibility index (Phi) is 13.5. The maximum absolute atomic E-state index is 14.3. The molecule has 9 heteroatoms. The lowest BCUT2D eigenvalue weighted by atomic mass is 9.36. The largest absolute Gasteiger partial charge is 0.351 e. The molecule has 396 valence electrons. The molecule has 16 atom stereocenters. The van der Waals surface area contributed by atoms with Crippen LogP contribution in [0.5, 0.6) is 0 Å². The molecule has 1 amide bonds. The summed E-state index contributed by atoms with van der Waals surface area (Å²) in [5, 5.41) is 3.38. The Hall–Kier alpha value is -3.95. The van der Waals surface area contributed by atoms with Crippen LogP contribution in [-0.4, -0.2) is 40.1 Å². The lowest BCUT2D eigenvalue weighted by Crippen LogP contribution is -2.69. The molecular formula is C63H94N4O5. The Labute approximate surface area is 438 Å². The van der Waals surface area contributed by atoms with Crippen molar-refractivity contribution in [2.45, 2.75) is 213 Å². The molecule has 0 aliphatic heterocycles. The van der Waals surface area contributed by atoms with Crippen molar-refractivity contribution < 1.29 is 26.7 Å². The van der Waals surface area contributed by atoms with Crippen molar-refractivity contribution in [3.05, 3.63) is 69.7 Å². The van der Waals surface area contributed by atoms with Crippen molar-refractivity contribution in [1.29, 1.82) is 0 Å². The van der Waals surface area contributed by atoms with E-state index < -0.39 is 10.8 Å². The van der Waals surface area contributed by atoms with Crippen molar-refractivity contribution in [1.82, 2.24) is 5.32 Å². The summed E-state index contributed by atoms with van der Waals surface area (Å²) < 4.78 is 11.5. The van der Waals surface area contributed by atoms with Gasteiger partial charge in [0.15, 0.2) is 23.1 Å². The van der Waals surface area contributed by atoms with E-state index in [1.54, 1.807) is 6.92 Å². The second-order valence-corrected chi connectivity index (χ2v) is 27.8. The molecule has 10 aliphatic carbocycles. The van der Waals surface area contributed by atoms with Crippen LogP contribution in [0, 0.1) is 104 Å². The van der Waals surface area contributed by atoms with Crippen LogP contribution < -0.4 is 11.1 Å². The van der Waals surface area contributed by atoms with Crippen LogP contribution in [0.4, 0.5) is 0 Å². The van der Waals surface area contributed by atoms with Crippen LogP contribution in [-0.2, 0) is 24.0 Å². The summed E-state index contributed by atoms with van der Waals surface area (Å²) in [6.45, 7) is 43.9. The van der Waals surface area contributed by atoms with Crippen LogP contribution >= 0.6 is 0 Å². The average Bonchev–Trinajstić information content (AvgIpc) is 3.32. The predicted molar refractivity (Wildman–Crippen MR) is 289 cm³/mol. The molecule has 10 rings (SSSR count). The third kappa shape index (κ3) is 7.66. The molecule has 0 saturated heterocycles. The molecule has 3 N–H and O–H groups in total. The van der Waals surface area contributed by atoms with Gasteiger partial charge in [-0.05, 0) is 158 Å². The molecule has 0 bridgehead atoms. The highest BCUT2D eigenvalue weighted by Crippen LogP contribution is 2.74. The Bertz CT molecular complexity index is 2560. The lowest BCUT2D eigenvalue weighted by Gasteiger charge is -2.68. The summed E-state index contributed by atoms with van der Waals surface area (Å²) in [5.41, 5.74) is 8.05. The molecule has 10 aliphatic rings. The number of carbonyl (C=O) groups excluding carboxylic acids is 5. The van der Waals surface area contributed by atoms with Crippen molar-refractivity contribution in [2.75, 3.05) is 0 Å². The van der Waals surface area contributed by atoms with Gasteiger partial charge >= 0.3 is 0 Å². The van der Waals surface area contributed by atoms with Gasteiger partial charge in [0.05, 0.1) is 13.1 Å². The first-order valence-corrected chi connectivity index (χ1v) is 26.8. The Morgan fingerprint density at radius 2 is 0.972 bits per heavy atom. The van der Waals surface area contributed by atoms with Crippen LogP contribution in [0.2, 0.25) is 0 Å². The third-order valence-corrected chi connectivity index (χ3v) is 23.5. The minimum Gasteiger partial charge on any atom is -0.351 e. The number of nitrogens with zero attached hydrogens (tertiary/aromatic N) is 2. The number of amides is 1. The van der Waals surface area contributed by atoms with Crippen molar-refractivity contribution >= 4 is 29.0 Å². The molecule has 6 saturated carbocycles. The minimum absolute atomic E-state index is 0. The fourth-order valence-electron chi connectivity index (χ4n) is 19.1. The Morgan fingerprint density at radius 3 is 1.40 bits per heavy atom. The zero-order valence-electron chi connectivity index (χ0n) is 48.3. The maximum atomic E-state index is 14.3. The summed E-state index contributed by atoms with van der Waals surface area (Å²) in [7, 11) is 2.50. The van der Waals surface area contributed by atoms with Gasteiger partial charge in [0.1, 0.15) is 0 Å². The molecule has 0 spiro atoms. The molecule has 0 heterocycles. The fourth-order valence-corrected chi connectivity index (χ4v) is 19.1. The Balaban J connectivity index is 0.000000224. The first kappa shape index (κ1) is 54.3. The summed E-state index contributed by atoms with van der Waals surface area (Å²) in [4.78, 5) is 73.7. The van der Waals surface area contributed by atoms with Crippen LogP contribution in [0.3, 0.4) is 0 Å². The first-order chi connectivity index (χ1) is 33.9. The monoisotopic (exact) mass is 991 g/mol. The summed E-state index contributed by atoms with van der Waals surface area (Å²) >= 11 is 0. The van der Waals surface area contributed by atoms with E-state index in [1.807, 2.05) is 38.2 Å². The van der Waals surface area contributed by atoms with Crippen molar-refractivity contribution in [3.63, 3.8) is 0 Å². The summed E-state index contributed by atoms with van der Waals surface area (Å²) in [5.74, 6) is 0.347. The highest BCUT2D eigenvalue weighted by molar-refractivity contribution is 6.02. The lowest BCUT2D eigenvalue weighted by molar-refractivity contribution is -0.162. The van der Waals surface area contributed by atoms with E-state index in [0.29, 0.717) is 0 Å². The topological polar surface area (TPSA) is 132 Å². The van der Waals surface area contributed by atoms with Crippen LogP contribution in [0.25, 0.3) is 9.69 Å². The van der Waals surface area contributed by atoms with E-state index >= 15 is 0 Å². The van der Waals surface area contributed by atoms with E-state index in [0.717, 1.165) is 95.5 Å². The molecule has 0 aromatic rings. The number of hydrogen-bond donors (Lipinski definition) is 2. The number of nitrogens with two attached hydrogens (primary N) is 1. The number of carbonyl (C=O) groups is 5. The van der Waals surface area contributed by atoms with E-state index in [4.69, 9.17) is 21.6 Å². The third-order valence-electron chi connectivity index (χ3n) is 23.5. The zero-order chi connectivity index (χ0) is 54.7. The number of ketones is 4. The number of hydrogen-bond acceptors (Lipinski definition) is 6. The molecule has 0 aromatic heterocycles. The SMILES string of the molecule is C.[3H]C.[3H]C.[C-]#[N+]C1=C[C@]2(C)C3=CC(=O)[C@@H]4[C@@H]5CC(C)(C)CC[C@]5(N)CC[C@@]4(C)[C@]3(C)CC[C@H]2[C@H](C)C1=O.[C-]#[N+]C1=C[C@]2(C)C3=CC(=O)[C@@H]4[C@@H]5CC(C)(C)CC[C@]5(NC(C)=O)CC[C@@]4(C)[C@]3(C)CC[C@H]2[C@H](C)C1=O. The van der Waals surface area contributed by atoms with Gasteiger partial charge in [0.2, 0.25) is 17.3 Å². The van der Waals surface area contributed by atoms with Crippen LogP contribution in [0.15, 0.2) is 46.8 Å². The van der Waals surface area contributed by atoms with Gasteiger partial charge in [-0.15, -0.1) is 0 Å². The maximum Gasteiger partial charge on any atom is 0.226 e. The molecule has 9 nitrogen and oxygen atoms in total. The highest BCUT2D eigenvalue weighted by atomic mass is 16.2. The number of allylic oxidation sites excluding steroid dienone is 8. The molecule has 0 aromatic carbocycles. The number of Topliss-reactive ketones (excluding diaryl/α,β-unsaturated/α-hetero) is 2. The quantitative estimate of drug-likeness (QED) is 0.252. The van der Waals surface area contributed by atoms with Gasteiger partial charge in [-0.2, -0.15) is 0 Å². The van der Waals surface area contributed by atoms with Crippen molar-refractivity contribution in [2.24, 2.45) is 96.4 Å². The number of fused-ring (bicyclic) bond motifs is 14. The molecule has 0 radical (unpaired) electrons. The van der Waals surface area contributed by atoms with Gasteiger partial charge in [0, 0.05) is 55.2 Å². The predicted octanol–water partition coefficient (Wildman–Crippen LogP) is 13.8. The van der Waals surface area contributed by atoms with E-state index in [-0.39, 0.29) is 139 Å². The minimum atomic E-state index is -0.470. The summed E-state index contributed by atoms with van der Waals surface area (Å²) in [6.07, 6.45) is 21.4. The van der Waals surface area contributed by atoms with E-state index in [2.05, 4.69) is 84.2 Å². The standard InChI is InChI=1S/C31H42N2O3.C29H40N2O2.3CH4/c1-18-20-9-10-29(6)24(28(20,5)17-22(32-8)26(18)36)15-23(35)25-21-16-27(3,4)11-13-31(21,33-19(2)34)14-12-30(25,29)7;1-17-18-8-9-27(5)22(26(18,4)16-20(31-7)24(17)33)14-21(32)23-19-15-25(2,3)10-12-29(19,30)13-11-28(23,27)6;;;/h15,17-18,20-21,25H,9-14,16H2,1-7H3,(H,33,34);14,16-19,23H,8-13,15,30H2,1-6H3;3*1H4/t18-,20-,21-,25-,28-,29+,30+,31-;17-,18-,19-,23-,26-,27+,28+,29-;;;/m00.../s1/i;;2*1T;. The molecular weight excluding hydrogens is 893 g/mol. The normalized spacial score (nSPS) is 47.0. The first-order valence-electron chi connectivity index (χ1n) is 28.8. The average molecular weight is 991 g/mol. The fraction of sp³-hybridized carbons (Fsp3) is 0.762. The number of nitrogens with one attached hydrogen (secondary N) is 1. The summed E-state index contributed by atoms with van der Waals surface area (Å²) in [6, 6.07) is 0. The molecule has 72 heavy (non-hydrogen) atoms. The van der Waals surface area contributed by atoms with Gasteiger partial charge in [-0.3, -0.25) is 14.4 Å². The smallest absolute Gasteiger partial charge is 0.226 e. The van der Waals surface area contributed by atoms with Gasteiger partial charge in [-0.25, -0.2) is 9.69 Å². The number of rotatable bonds is 1. The van der Waals surface area contributed by atoms with Gasteiger partial charge in [0.25, 0.3) is 0 Å². The van der Waals surface area contributed by atoms with Crippen LogP contribution in [0.1, 0.15) is 205 Å². The second-order valence-electron chi connectivity index (χ2n) is 27.8. The van der Waals surface area contributed by atoms with E-state index in [1.165, 1.54) is 20.4 Å². The van der Waals surface area contributed by atoms with Crippen molar-refractivity contribution in [3.8, 4) is 0 Å².